The van der Waals surface area contributed by atoms with Crippen LogP contribution in [0.15, 0.2) is 45.7 Å². The highest BCUT2D eigenvalue weighted by Gasteiger charge is 2.29. The molecule has 1 N–H and O–H groups in total. The summed E-state index contributed by atoms with van der Waals surface area (Å²) in [5, 5.41) is 4.65. The second kappa shape index (κ2) is 8.22. The monoisotopic (exact) mass is 452 g/mol. The zero-order valence-corrected chi connectivity index (χ0v) is 17.2. The Morgan fingerprint density at radius 1 is 1.27 bits per heavy atom. The van der Waals surface area contributed by atoms with Crippen LogP contribution in [0.4, 0.5) is 10.1 Å². The van der Waals surface area contributed by atoms with Gasteiger partial charge in [0.25, 0.3) is 5.56 Å². The van der Waals surface area contributed by atoms with E-state index in [9.17, 15) is 22.4 Å². The number of anilines is 1. The van der Waals surface area contributed by atoms with Crippen molar-refractivity contribution in [2.45, 2.75) is 11.4 Å². The van der Waals surface area contributed by atoms with Crippen molar-refractivity contribution in [2.75, 3.05) is 31.6 Å². The molecule has 3 aromatic rings. The summed E-state index contributed by atoms with van der Waals surface area (Å²) < 4.78 is 47.2. The zero-order valence-electron chi connectivity index (χ0n) is 15.6. The molecule has 9 nitrogen and oxygen atoms in total. The summed E-state index contributed by atoms with van der Waals surface area (Å²) >= 11 is 1.32. The van der Waals surface area contributed by atoms with Crippen LogP contribution in [0.2, 0.25) is 0 Å². The van der Waals surface area contributed by atoms with E-state index in [0.717, 1.165) is 21.0 Å². The molecule has 1 fully saturated rings. The van der Waals surface area contributed by atoms with E-state index in [-0.39, 0.29) is 44.1 Å². The molecule has 158 valence electrons. The van der Waals surface area contributed by atoms with Gasteiger partial charge in [0, 0.05) is 18.8 Å². The van der Waals surface area contributed by atoms with Gasteiger partial charge in [-0.1, -0.05) is 0 Å². The number of fused-ring (bicyclic) bond motifs is 1. The lowest BCUT2D eigenvalue weighted by molar-refractivity contribution is -0.116. The Bertz CT molecular complexity index is 1270. The van der Waals surface area contributed by atoms with Crippen LogP contribution in [0.1, 0.15) is 0 Å². The molecule has 30 heavy (non-hydrogen) atoms. The lowest BCUT2D eigenvalue weighted by Gasteiger charge is -2.26. The first kappa shape index (κ1) is 20.6. The average Bonchev–Trinajstić information content (AvgIpc) is 3.22. The van der Waals surface area contributed by atoms with E-state index >= 15 is 0 Å². The molecule has 1 aliphatic heterocycles. The molecular weight excluding hydrogens is 435 g/mol. The van der Waals surface area contributed by atoms with E-state index in [0.29, 0.717) is 10.2 Å². The van der Waals surface area contributed by atoms with Crippen LogP contribution in [-0.4, -0.2) is 54.5 Å². The van der Waals surface area contributed by atoms with Crippen molar-refractivity contribution in [3.05, 3.63) is 52.1 Å². The molecule has 1 aliphatic rings. The van der Waals surface area contributed by atoms with E-state index in [1.807, 2.05) is 0 Å². The van der Waals surface area contributed by atoms with Crippen molar-refractivity contribution in [2.24, 2.45) is 0 Å². The third kappa shape index (κ3) is 3.99. The summed E-state index contributed by atoms with van der Waals surface area (Å²) in [5.74, 6) is -1.49. The molecule has 2 aromatic heterocycles. The summed E-state index contributed by atoms with van der Waals surface area (Å²) in [5.41, 5.74) is -0.253. The second-order valence-corrected chi connectivity index (χ2v) is 9.33. The lowest BCUT2D eigenvalue weighted by Crippen LogP contribution is -2.40. The van der Waals surface area contributed by atoms with Gasteiger partial charge in [-0.15, -0.1) is 11.3 Å². The van der Waals surface area contributed by atoms with Gasteiger partial charge in [0.1, 0.15) is 22.1 Å². The molecule has 1 amide bonds. The molecule has 4 rings (SSSR count). The third-order valence-electron chi connectivity index (χ3n) is 4.57. The molecule has 0 radical (unpaired) electrons. The Morgan fingerprint density at radius 3 is 2.80 bits per heavy atom. The highest BCUT2D eigenvalue weighted by molar-refractivity contribution is 7.89. The van der Waals surface area contributed by atoms with Gasteiger partial charge in [-0.3, -0.25) is 14.2 Å². The fourth-order valence-corrected chi connectivity index (χ4v) is 5.29. The van der Waals surface area contributed by atoms with E-state index in [1.54, 1.807) is 11.4 Å². The molecule has 0 aliphatic carbocycles. The number of nitrogens with zero attached hydrogens (tertiary/aromatic N) is 3. The third-order valence-corrected chi connectivity index (χ3v) is 7.30. The maximum Gasteiger partial charge on any atom is 0.262 e. The predicted molar refractivity (Wildman–Crippen MR) is 108 cm³/mol. The van der Waals surface area contributed by atoms with Gasteiger partial charge in [0.15, 0.2) is 0 Å². The smallest absolute Gasteiger partial charge is 0.262 e. The molecule has 0 bridgehead atoms. The van der Waals surface area contributed by atoms with E-state index in [1.165, 1.54) is 23.7 Å². The number of aromatic nitrogens is 2. The fourth-order valence-electron chi connectivity index (χ4n) is 3.07. The van der Waals surface area contributed by atoms with Gasteiger partial charge in [-0.25, -0.2) is 17.8 Å². The number of benzene rings is 1. The minimum absolute atomic E-state index is 0.103. The van der Waals surface area contributed by atoms with Crippen LogP contribution in [0.3, 0.4) is 0 Å². The number of carbonyl (C=O) groups is 1. The van der Waals surface area contributed by atoms with Crippen molar-refractivity contribution in [3.8, 4) is 0 Å². The van der Waals surface area contributed by atoms with Crippen LogP contribution in [-0.2, 0) is 26.1 Å². The first-order valence-electron chi connectivity index (χ1n) is 8.96. The van der Waals surface area contributed by atoms with Crippen LogP contribution in [0, 0.1) is 5.82 Å². The van der Waals surface area contributed by atoms with Crippen molar-refractivity contribution >= 4 is 43.2 Å². The quantitative estimate of drug-likeness (QED) is 0.624. The fraction of sp³-hybridized carbons (Fsp3) is 0.278. The lowest BCUT2D eigenvalue weighted by atomic mass is 10.3. The highest BCUT2D eigenvalue weighted by atomic mass is 32.2. The molecule has 3 heterocycles. The van der Waals surface area contributed by atoms with Crippen molar-refractivity contribution in [1.29, 1.82) is 0 Å². The van der Waals surface area contributed by atoms with Crippen LogP contribution >= 0.6 is 11.3 Å². The largest absolute Gasteiger partial charge is 0.379 e. The van der Waals surface area contributed by atoms with Crippen molar-refractivity contribution in [3.63, 3.8) is 0 Å². The molecule has 1 aromatic carbocycles. The van der Waals surface area contributed by atoms with Crippen LogP contribution < -0.4 is 10.9 Å². The highest BCUT2D eigenvalue weighted by Crippen LogP contribution is 2.24. The SMILES string of the molecule is O=C(Cn1cnc2sccc2c1=O)Nc1ccc(F)c(S(=O)(=O)N2CCOCC2)c1. The Labute approximate surface area is 174 Å². The summed E-state index contributed by atoms with van der Waals surface area (Å²) in [6.07, 6.45) is 1.28. The first-order valence-corrected chi connectivity index (χ1v) is 11.3. The molecule has 0 unspecified atom stereocenters. The average molecular weight is 452 g/mol. The molecule has 1 saturated heterocycles. The molecule has 0 atom stereocenters. The van der Waals surface area contributed by atoms with Crippen LogP contribution in [0.25, 0.3) is 10.2 Å². The summed E-state index contributed by atoms with van der Waals surface area (Å²) in [6.45, 7) is 0.391. The number of rotatable bonds is 5. The number of nitrogens with one attached hydrogen (secondary N) is 1. The molecular formula is C18H17FN4O5S2. The van der Waals surface area contributed by atoms with Gasteiger partial charge in [-0.05, 0) is 29.6 Å². The molecule has 12 heteroatoms. The van der Waals surface area contributed by atoms with Crippen molar-refractivity contribution < 1.29 is 22.3 Å². The number of sulfonamides is 1. The van der Waals surface area contributed by atoms with Gasteiger partial charge in [-0.2, -0.15) is 4.31 Å². The molecule has 0 spiro atoms. The number of hydrogen-bond donors (Lipinski definition) is 1. The summed E-state index contributed by atoms with van der Waals surface area (Å²) in [4.78, 5) is 29.0. The van der Waals surface area contributed by atoms with Gasteiger partial charge >= 0.3 is 0 Å². The number of carbonyl (C=O) groups excluding carboxylic acids is 1. The minimum atomic E-state index is -4.07. The first-order chi connectivity index (χ1) is 14.4. The number of hydrogen-bond acceptors (Lipinski definition) is 7. The zero-order chi connectivity index (χ0) is 21.3. The topological polar surface area (TPSA) is 111 Å². The summed E-state index contributed by atoms with van der Waals surface area (Å²) in [6, 6.07) is 4.94. The number of morpholine rings is 1. The Balaban J connectivity index is 1.54. The van der Waals surface area contributed by atoms with Gasteiger partial charge < -0.3 is 10.1 Å². The summed E-state index contributed by atoms with van der Waals surface area (Å²) in [7, 11) is -4.07. The second-order valence-electron chi connectivity index (χ2n) is 6.53. The van der Waals surface area contributed by atoms with E-state index in [2.05, 4.69) is 10.3 Å². The number of halogens is 1. The Morgan fingerprint density at radius 2 is 2.03 bits per heavy atom. The van der Waals surface area contributed by atoms with Gasteiger partial charge in [0.05, 0.1) is 24.9 Å². The standard InChI is InChI=1S/C18H17FN4O5S2/c19-14-2-1-12(9-15(14)30(26,27)23-4-6-28-7-5-23)21-16(24)10-22-11-20-17-13(18(22)25)3-8-29-17/h1-3,8-9,11H,4-7,10H2,(H,21,24). The van der Waals surface area contributed by atoms with E-state index in [4.69, 9.17) is 4.74 Å². The van der Waals surface area contributed by atoms with E-state index < -0.39 is 26.6 Å². The maximum absolute atomic E-state index is 14.3. The molecule has 0 saturated carbocycles. The van der Waals surface area contributed by atoms with Gasteiger partial charge in [0.2, 0.25) is 15.9 Å². The maximum atomic E-state index is 14.3. The Hall–Kier alpha value is -2.67. The normalized spacial score (nSPS) is 15.4. The number of amides is 1. The number of ether oxygens (including phenoxy) is 1. The minimum Gasteiger partial charge on any atom is -0.379 e. The van der Waals surface area contributed by atoms with Crippen molar-refractivity contribution in [1.82, 2.24) is 13.9 Å². The predicted octanol–water partition coefficient (Wildman–Crippen LogP) is 1.26. The number of thiophene rings is 1. The Kier molecular flexibility index (Phi) is 5.64. The van der Waals surface area contributed by atoms with Crippen LogP contribution in [0.5, 0.6) is 0 Å².